The number of hydrogen-bond acceptors (Lipinski definition) is 5. The highest BCUT2D eigenvalue weighted by molar-refractivity contribution is 6.01. The van der Waals surface area contributed by atoms with Gasteiger partial charge in [0.2, 0.25) is 5.91 Å². The van der Waals surface area contributed by atoms with Gasteiger partial charge in [0.1, 0.15) is 17.6 Å². The number of benzene rings is 1. The molecule has 1 aliphatic rings. The lowest BCUT2D eigenvalue weighted by molar-refractivity contribution is -0.119. The Bertz CT molecular complexity index is 799. The van der Waals surface area contributed by atoms with Gasteiger partial charge in [-0.15, -0.1) is 0 Å². The van der Waals surface area contributed by atoms with Crippen LogP contribution in [-0.4, -0.2) is 41.6 Å². The average molecular weight is 343 g/mol. The van der Waals surface area contributed by atoms with Crippen LogP contribution in [0.15, 0.2) is 28.8 Å². The Hall–Kier alpha value is -2.83. The number of anilines is 1. The predicted octanol–water partition coefficient (Wildman–Crippen LogP) is 2.54. The summed E-state index contributed by atoms with van der Waals surface area (Å²) in [4.78, 5) is 26.9. The second kappa shape index (κ2) is 6.96. The first-order valence-electron chi connectivity index (χ1n) is 8.19. The second-order valence-corrected chi connectivity index (χ2v) is 6.17. The number of ether oxygens (including phenoxy) is 1. The zero-order valence-electron chi connectivity index (χ0n) is 14.5. The van der Waals surface area contributed by atoms with E-state index in [1.54, 1.807) is 31.1 Å². The van der Waals surface area contributed by atoms with Gasteiger partial charge in [0.05, 0.1) is 12.8 Å². The lowest BCUT2D eigenvalue weighted by Gasteiger charge is -2.23. The second-order valence-electron chi connectivity index (χ2n) is 6.17. The topological polar surface area (TPSA) is 84.7 Å². The molecule has 1 aromatic heterocycles. The quantitative estimate of drug-likeness (QED) is 0.922. The number of methoxy groups -OCH3 is 1. The predicted molar refractivity (Wildman–Crippen MR) is 91.7 cm³/mol. The van der Waals surface area contributed by atoms with Crippen LogP contribution in [0.25, 0.3) is 0 Å². The van der Waals surface area contributed by atoms with E-state index in [1.165, 1.54) is 0 Å². The number of aromatic nitrogens is 1. The molecule has 132 valence electrons. The third-order valence-corrected chi connectivity index (χ3v) is 4.28. The fraction of sp³-hybridized carbons (Fsp3) is 0.389. The maximum Gasteiger partial charge on any atom is 0.276 e. The largest absolute Gasteiger partial charge is 0.495 e. The van der Waals surface area contributed by atoms with Crippen LogP contribution in [0, 0.1) is 13.8 Å². The Labute approximate surface area is 145 Å². The van der Waals surface area contributed by atoms with Crippen molar-refractivity contribution in [2.24, 2.45) is 0 Å². The summed E-state index contributed by atoms with van der Waals surface area (Å²) < 4.78 is 10.3. The minimum absolute atomic E-state index is 0.227. The van der Waals surface area contributed by atoms with Crippen LogP contribution < -0.4 is 10.1 Å². The van der Waals surface area contributed by atoms with Gasteiger partial charge in [0, 0.05) is 12.6 Å². The Morgan fingerprint density at radius 1 is 1.32 bits per heavy atom. The van der Waals surface area contributed by atoms with E-state index in [2.05, 4.69) is 10.5 Å². The standard InChI is InChI=1S/C18H21N3O4/c1-11-6-7-16(24-3)13(9-11)19-17(22)15-5-4-8-21(15)18(23)14-10-12(2)25-20-14/h6-7,9-10,15H,4-5,8H2,1-3H3,(H,19,22)/t15-/m1/s1. The van der Waals surface area contributed by atoms with E-state index in [-0.39, 0.29) is 17.5 Å². The van der Waals surface area contributed by atoms with E-state index < -0.39 is 6.04 Å². The number of nitrogens with zero attached hydrogens (tertiary/aromatic N) is 2. The molecule has 7 nitrogen and oxygen atoms in total. The Morgan fingerprint density at radius 3 is 2.80 bits per heavy atom. The molecule has 0 aliphatic carbocycles. The molecule has 0 radical (unpaired) electrons. The van der Waals surface area contributed by atoms with Crippen molar-refractivity contribution in [3.63, 3.8) is 0 Å². The molecule has 3 rings (SSSR count). The van der Waals surface area contributed by atoms with Gasteiger partial charge in [-0.3, -0.25) is 9.59 Å². The summed E-state index contributed by atoms with van der Waals surface area (Å²) >= 11 is 0. The van der Waals surface area contributed by atoms with E-state index >= 15 is 0 Å². The average Bonchev–Trinajstić information content (AvgIpc) is 3.23. The van der Waals surface area contributed by atoms with Crippen molar-refractivity contribution in [3.05, 3.63) is 41.3 Å². The highest BCUT2D eigenvalue weighted by atomic mass is 16.5. The van der Waals surface area contributed by atoms with Crippen LogP contribution in [0.1, 0.15) is 34.7 Å². The van der Waals surface area contributed by atoms with Crippen LogP contribution in [0.3, 0.4) is 0 Å². The summed E-state index contributed by atoms with van der Waals surface area (Å²) in [7, 11) is 1.55. The third-order valence-electron chi connectivity index (χ3n) is 4.28. The minimum Gasteiger partial charge on any atom is -0.495 e. The molecule has 25 heavy (non-hydrogen) atoms. The van der Waals surface area contributed by atoms with Crippen molar-refractivity contribution in [3.8, 4) is 5.75 Å². The molecule has 2 aromatic rings. The van der Waals surface area contributed by atoms with E-state index in [4.69, 9.17) is 9.26 Å². The Kier molecular flexibility index (Phi) is 4.74. The molecule has 0 saturated carbocycles. The summed E-state index contributed by atoms with van der Waals surface area (Å²) in [6.07, 6.45) is 1.38. The summed E-state index contributed by atoms with van der Waals surface area (Å²) in [6, 6.07) is 6.61. The normalized spacial score (nSPS) is 16.8. The number of carbonyl (C=O) groups excluding carboxylic acids is 2. The molecule has 2 amide bonds. The molecular weight excluding hydrogens is 322 g/mol. The van der Waals surface area contributed by atoms with Gasteiger partial charge in [0.15, 0.2) is 5.69 Å². The lowest BCUT2D eigenvalue weighted by Crippen LogP contribution is -2.43. The van der Waals surface area contributed by atoms with Crippen molar-refractivity contribution in [2.75, 3.05) is 19.0 Å². The molecule has 0 bridgehead atoms. The fourth-order valence-electron chi connectivity index (χ4n) is 3.03. The maximum atomic E-state index is 12.7. The molecule has 1 N–H and O–H groups in total. The van der Waals surface area contributed by atoms with Crippen LogP contribution in [0.2, 0.25) is 0 Å². The van der Waals surface area contributed by atoms with Crippen LogP contribution in [-0.2, 0) is 4.79 Å². The van der Waals surface area contributed by atoms with E-state index in [0.29, 0.717) is 30.2 Å². The molecular formula is C18H21N3O4. The molecule has 1 saturated heterocycles. The lowest BCUT2D eigenvalue weighted by atomic mass is 10.1. The van der Waals surface area contributed by atoms with Crippen molar-refractivity contribution < 1.29 is 18.8 Å². The van der Waals surface area contributed by atoms with Gasteiger partial charge in [-0.25, -0.2) is 0 Å². The smallest absolute Gasteiger partial charge is 0.276 e. The summed E-state index contributed by atoms with van der Waals surface area (Å²) in [5, 5.41) is 6.64. The number of nitrogens with one attached hydrogen (secondary N) is 1. The Morgan fingerprint density at radius 2 is 2.12 bits per heavy atom. The number of rotatable bonds is 4. The number of amides is 2. The molecule has 1 atom stereocenters. The zero-order chi connectivity index (χ0) is 18.0. The van der Waals surface area contributed by atoms with Crippen molar-refractivity contribution >= 4 is 17.5 Å². The summed E-state index contributed by atoms with van der Waals surface area (Å²) in [5.41, 5.74) is 1.84. The molecule has 1 aliphatic heterocycles. The van der Waals surface area contributed by atoms with E-state index in [1.807, 2.05) is 19.1 Å². The van der Waals surface area contributed by atoms with Crippen LogP contribution in [0.4, 0.5) is 5.69 Å². The van der Waals surface area contributed by atoms with Gasteiger partial charge < -0.3 is 19.5 Å². The van der Waals surface area contributed by atoms with Gasteiger partial charge in [-0.05, 0) is 44.4 Å². The van der Waals surface area contributed by atoms with Crippen LogP contribution >= 0.6 is 0 Å². The van der Waals surface area contributed by atoms with Crippen molar-refractivity contribution in [1.82, 2.24) is 10.1 Å². The third kappa shape index (κ3) is 3.50. The molecule has 7 heteroatoms. The molecule has 0 unspecified atom stereocenters. The van der Waals surface area contributed by atoms with Crippen LogP contribution in [0.5, 0.6) is 5.75 Å². The van der Waals surface area contributed by atoms with Gasteiger partial charge in [0.25, 0.3) is 5.91 Å². The minimum atomic E-state index is -0.533. The van der Waals surface area contributed by atoms with E-state index in [9.17, 15) is 9.59 Å². The molecule has 1 fully saturated rings. The Balaban J connectivity index is 1.77. The number of aryl methyl sites for hydroxylation is 2. The monoisotopic (exact) mass is 343 g/mol. The number of carbonyl (C=O) groups is 2. The zero-order valence-corrected chi connectivity index (χ0v) is 14.5. The fourth-order valence-corrected chi connectivity index (χ4v) is 3.03. The highest BCUT2D eigenvalue weighted by Crippen LogP contribution is 2.27. The van der Waals surface area contributed by atoms with Crippen molar-refractivity contribution in [2.45, 2.75) is 32.7 Å². The summed E-state index contributed by atoms with van der Waals surface area (Å²) in [6.45, 7) is 4.18. The molecule has 1 aromatic carbocycles. The van der Waals surface area contributed by atoms with Gasteiger partial charge in [-0.1, -0.05) is 11.2 Å². The number of hydrogen-bond donors (Lipinski definition) is 1. The highest BCUT2D eigenvalue weighted by Gasteiger charge is 2.36. The van der Waals surface area contributed by atoms with Gasteiger partial charge in [-0.2, -0.15) is 0 Å². The first-order chi connectivity index (χ1) is 12.0. The first-order valence-corrected chi connectivity index (χ1v) is 8.19. The number of likely N-dealkylation sites (tertiary alicyclic amines) is 1. The van der Waals surface area contributed by atoms with Gasteiger partial charge >= 0.3 is 0 Å². The maximum absolute atomic E-state index is 12.7. The first kappa shape index (κ1) is 17.0. The van der Waals surface area contributed by atoms with E-state index in [0.717, 1.165) is 12.0 Å². The molecule has 0 spiro atoms. The molecule has 2 heterocycles. The van der Waals surface area contributed by atoms with Crippen molar-refractivity contribution in [1.29, 1.82) is 0 Å². The summed E-state index contributed by atoms with van der Waals surface area (Å²) in [5.74, 6) is 0.635. The SMILES string of the molecule is COc1ccc(C)cc1NC(=O)[C@H]1CCCN1C(=O)c1cc(C)on1.